The van der Waals surface area contributed by atoms with Crippen molar-refractivity contribution in [2.75, 3.05) is 6.54 Å². The summed E-state index contributed by atoms with van der Waals surface area (Å²) < 4.78 is 0. The van der Waals surface area contributed by atoms with Gasteiger partial charge >= 0.3 is 0 Å². The van der Waals surface area contributed by atoms with E-state index in [1.807, 2.05) is 4.90 Å². The van der Waals surface area contributed by atoms with Crippen LogP contribution < -0.4 is 0 Å². The molecule has 1 amide bonds. The summed E-state index contributed by atoms with van der Waals surface area (Å²) in [6.07, 6.45) is 3.96. The molecule has 0 saturated carbocycles. The lowest BCUT2D eigenvalue weighted by molar-refractivity contribution is -0.127. The van der Waals surface area contributed by atoms with Gasteiger partial charge in [0, 0.05) is 13.0 Å². The lowest BCUT2D eigenvalue weighted by Gasteiger charge is -2.16. The van der Waals surface area contributed by atoms with Crippen molar-refractivity contribution in [2.45, 2.75) is 25.8 Å². The first-order valence-corrected chi connectivity index (χ1v) is 3.75. The number of amides is 1. The van der Waals surface area contributed by atoms with Gasteiger partial charge in [-0.15, -0.1) is 0 Å². The van der Waals surface area contributed by atoms with Gasteiger partial charge in [-0.2, -0.15) is 0 Å². The van der Waals surface area contributed by atoms with Crippen LogP contribution in [0.1, 0.15) is 19.8 Å². The Morgan fingerprint density at radius 1 is 1.70 bits per heavy atom. The third-order valence-electron chi connectivity index (χ3n) is 2.46. The zero-order valence-corrected chi connectivity index (χ0v) is 6.13. The number of nitrogens with zero attached hydrogens (tertiary/aromatic N) is 1. The summed E-state index contributed by atoms with van der Waals surface area (Å²) in [5.41, 5.74) is 1.38. The van der Waals surface area contributed by atoms with Gasteiger partial charge in [-0.25, -0.2) is 0 Å². The number of hydrogen-bond donors (Lipinski definition) is 0. The van der Waals surface area contributed by atoms with Gasteiger partial charge in [0.2, 0.25) is 5.91 Å². The molecule has 1 fully saturated rings. The number of rotatable bonds is 0. The zero-order chi connectivity index (χ0) is 7.14. The number of hydrogen-bond acceptors (Lipinski definition) is 1. The Labute approximate surface area is 60.5 Å². The molecule has 0 aliphatic carbocycles. The Bertz CT molecular complexity index is 207. The van der Waals surface area contributed by atoms with E-state index >= 15 is 0 Å². The maximum atomic E-state index is 11.1. The fourth-order valence-electron chi connectivity index (χ4n) is 1.81. The lowest BCUT2D eigenvalue weighted by atomic mass is 10.1. The zero-order valence-electron chi connectivity index (χ0n) is 6.13. The van der Waals surface area contributed by atoms with Gasteiger partial charge < -0.3 is 4.90 Å². The van der Waals surface area contributed by atoms with E-state index in [2.05, 4.69) is 13.0 Å². The fourth-order valence-corrected chi connectivity index (χ4v) is 1.81. The normalized spacial score (nSPS) is 30.9. The van der Waals surface area contributed by atoms with Crippen molar-refractivity contribution in [3.05, 3.63) is 11.6 Å². The standard InChI is InChI=1S/C8H11NO/c1-6-4-5-9-7(6)2-3-8(9)10/h4,7H,2-3,5H2,1H3. The van der Waals surface area contributed by atoms with Gasteiger partial charge in [-0.3, -0.25) is 4.79 Å². The lowest BCUT2D eigenvalue weighted by Crippen LogP contribution is -2.28. The van der Waals surface area contributed by atoms with Crippen LogP contribution in [-0.2, 0) is 4.79 Å². The average molecular weight is 137 g/mol. The van der Waals surface area contributed by atoms with Crippen LogP contribution in [0.2, 0.25) is 0 Å². The molecule has 10 heavy (non-hydrogen) atoms. The fraction of sp³-hybridized carbons (Fsp3) is 0.625. The van der Waals surface area contributed by atoms with Crippen molar-refractivity contribution < 1.29 is 4.79 Å². The first-order chi connectivity index (χ1) is 4.79. The quantitative estimate of drug-likeness (QED) is 0.455. The minimum absolute atomic E-state index is 0.332. The predicted octanol–water partition coefficient (Wildman–Crippen LogP) is 0.937. The van der Waals surface area contributed by atoms with Crippen LogP contribution in [-0.4, -0.2) is 23.4 Å². The Hall–Kier alpha value is -0.790. The van der Waals surface area contributed by atoms with Crippen molar-refractivity contribution >= 4 is 5.91 Å². The summed E-state index contributed by atoms with van der Waals surface area (Å²) >= 11 is 0. The number of fused-ring (bicyclic) bond motifs is 1. The van der Waals surface area contributed by atoms with Crippen LogP contribution in [0.5, 0.6) is 0 Å². The molecule has 0 aromatic carbocycles. The van der Waals surface area contributed by atoms with Crippen LogP contribution in [0.15, 0.2) is 11.6 Å². The van der Waals surface area contributed by atoms with Crippen molar-refractivity contribution in [1.29, 1.82) is 0 Å². The van der Waals surface area contributed by atoms with Crippen LogP contribution in [0, 0.1) is 0 Å². The molecule has 0 aromatic rings. The Morgan fingerprint density at radius 3 is 3.20 bits per heavy atom. The van der Waals surface area contributed by atoms with Crippen LogP contribution in [0.3, 0.4) is 0 Å². The highest BCUT2D eigenvalue weighted by atomic mass is 16.2. The Morgan fingerprint density at radius 2 is 2.50 bits per heavy atom. The van der Waals surface area contributed by atoms with Gasteiger partial charge in [-0.05, 0) is 13.3 Å². The molecule has 0 spiro atoms. The molecule has 1 atom stereocenters. The maximum absolute atomic E-state index is 11.1. The van der Waals surface area contributed by atoms with Gasteiger partial charge in [-0.1, -0.05) is 11.6 Å². The van der Waals surface area contributed by atoms with E-state index < -0.39 is 0 Å². The van der Waals surface area contributed by atoms with Gasteiger partial charge in [0.15, 0.2) is 0 Å². The molecular weight excluding hydrogens is 126 g/mol. The molecule has 2 heteroatoms. The molecule has 54 valence electrons. The topological polar surface area (TPSA) is 20.3 Å². The third kappa shape index (κ3) is 0.618. The van der Waals surface area contributed by atoms with Crippen LogP contribution in [0.4, 0.5) is 0 Å². The van der Waals surface area contributed by atoms with Crippen LogP contribution >= 0.6 is 0 Å². The molecule has 0 bridgehead atoms. The first-order valence-electron chi connectivity index (χ1n) is 3.75. The predicted molar refractivity (Wildman–Crippen MR) is 38.5 cm³/mol. The van der Waals surface area contributed by atoms with E-state index in [0.29, 0.717) is 11.9 Å². The molecular formula is C8H11NO. The first kappa shape index (κ1) is 5.96. The van der Waals surface area contributed by atoms with Crippen LogP contribution in [0.25, 0.3) is 0 Å². The summed E-state index contributed by atoms with van der Waals surface area (Å²) in [6.45, 7) is 2.97. The minimum Gasteiger partial charge on any atom is -0.332 e. The Kier molecular flexibility index (Phi) is 1.10. The highest BCUT2D eigenvalue weighted by molar-refractivity contribution is 5.80. The van der Waals surface area contributed by atoms with Gasteiger partial charge in [0.1, 0.15) is 0 Å². The molecule has 0 N–H and O–H groups in total. The largest absolute Gasteiger partial charge is 0.332 e. The second-order valence-electron chi connectivity index (χ2n) is 3.05. The third-order valence-corrected chi connectivity index (χ3v) is 2.46. The molecule has 0 aromatic heterocycles. The Balaban J connectivity index is 2.24. The highest BCUT2D eigenvalue weighted by Crippen LogP contribution is 2.28. The average Bonchev–Trinajstić information content (AvgIpc) is 2.41. The summed E-state index contributed by atoms with van der Waals surface area (Å²) in [7, 11) is 0. The van der Waals surface area contributed by atoms with E-state index in [-0.39, 0.29) is 0 Å². The van der Waals surface area contributed by atoms with Crippen molar-refractivity contribution in [1.82, 2.24) is 4.90 Å². The second-order valence-corrected chi connectivity index (χ2v) is 3.05. The molecule has 2 rings (SSSR count). The van der Waals surface area contributed by atoms with E-state index in [1.165, 1.54) is 5.57 Å². The van der Waals surface area contributed by atoms with E-state index in [9.17, 15) is 4.79 Å². The van der Waals surface area contributed by atoms with E-state index in [4.69, 9.17) is 0 Å². The van der Waals surface area contributed by atoms with Gasteiger partial charge in [0.05, 0.1) is 6.04 Å². The highest BCUT2D eigenvalue weighted by Gasteiger charge is 2.34. The maximum Gasteiger partial charge on any atom is 0.223 e. The smallest absolute Gasteiger partial charge is 0.223 e. The number of carbonyl (C=O) groups excluding carboxylic acids is 1. The molecule has 1 saturated heterocycles. The molecule has 0 radical (unpaired) electrons. The van der Waals surface area contributed by atoms with Crippen molar-refractivity contribution in [3.8, 4) is 0 Å². The summed E-state index contributed by atoms with van der Waals surface area (Å²) in [4.78, 5) is 13.1. The SMILES string of the molecule is CC1=CCN2C(=O)CCC12. The minimum atomic E-state index is 0.332. The van der Waals surface area contributed by atoms with E-state index in [1.54, 1.807) is 0 Å². The molecule has 2 aliphatic rings. The summed E-state index contributed by atoms with van der Waals surface area (Å²) in [5.74, 6) is 0.332. The second kappa shape index (κ2) is 1.84. The number of carbonyl (C=O) groups is 1. The molecule has 1 unspecified atom stereocenters. The molecule has 2 aliphatic heterocycles. The van der Waals surface area contributed by atoms with Crippen molar-refractivity contribution in [3.63, 3.8) is 0 Å². The van der Waals surface area contributed by atoms with Gasteiger partial charge in [0.25, 0.3) is 0 Å². The molecule has 2 heterocycles. The molecule has 2 nitrogen and oxygen atoms in total. The van der Waals surface area contributed by atoms with E-state index in [0.717, 1.165) is 19.4 Å². The summed E-state index contributed by atoms with van der Waals surface area (Å²) in [6, 6.07) is 0.465. The van der Waals surface area contributed by atoms with Crippen molar-refractivity contribution in [2.24, 2.45) is 0 Å². The summed E-state index contributed by atoms with van der Waals surface area (Å²) in [5, 5.41) is 0. The monoisotopic (exact) mass is 137 g/mol.